The predicted molar refractivity (Wildman–Crippen MR) is 158 cm³/mol. The highest BCUT2D eigenvalue weighted by Crippen LogP contribution is 2.28. The van der Waals surface area contributed by atoms with Gasteiger partial charge in [-0.05, 0) is 40.6 Å². The number of rotatable bonds is 5. The van der Waals surface area contributed by atoms with Gasteiger partial charge in [-0.2, -0.15) is 19.7 Å². The zero-order chi connectivity index (χ0) is 27.1. The van der Waals surface area contributed by atoms with E-state index in [0.717, 1.165) is 50.2 Å². The summed E-state index contributed by atoms with van der Waals surface area (Å²) in [4.78, 5) is 30.6. The zero-order valence-electron chi connectivity index (χ0n) is 21.1. The lowest BCUT2D eigenvalue weighted by molar-refractivity contribution is 0.811. The van der Waals surface area contributed by atoms with Gasteiger partial charge >= 0.3 is 0 Å². The molecule has 4 aromatic carbocycles. The maximum Gasteiger partial charge on any atom is 0.296 e. The first-order valence-electron chi connectivity index (χ1n) is 12.7. The molecule has 7 nitrogen and oxygen atoms in total. The average molecular weight is 540 g/mol. The van der Waals surface area contributed by atoms with E-state index in [2.05, 4.69) is 34.3 Å². The normalized spacial score (nSPS) is 11.9. The Balaban J connectivity index is 1.39. The van der Waals surface area contributed by atoms with Crippen LogP contribution >= 0.6 is 11.3 Å². The van der Waals surface area contributed by atoms with Crippen LogP contribution in [0.4, 0.5) is 0 Å². The maximum atomic E-state index is 13.5. The van der Waals surface area contributed by atoms with Crippen LogP contribution in [0.5, 0.6) is 0 Å². The highest BCUT2D eigenvalue weighted by Gasteiger charge is 2.15. The van der Waals surface area contributed by atoms with Crippen molar-refractivity contribution >= 4 is 33.1 Å². The number of thiazole rings is 1. The molecular formula is C32H21N5O2S. The molecule has 0 unspecified atom stereocenters. The summed E-state index contributed by atoms with van der Waals surface area (Å²) in [5.41, 5.74) is 3.77. The van der Waals surface area contributed by atoms with Gasteiger partial charge in [0, 0.05) is 23.7 Å². The molecule has 0 spiro atoms. The molecule has 0 atom stereocenters. The Kier molecular flexibility index (Phi) is 5.87. The molecule has 0 radical (unpaired) electrons. The molecule has 0 aliphatic carbocycles. The van der Waals surface area contributed by atoms with E-state index in [4.69, 9.17) is 5.10 Å². The molecule has 7 rings (SSSR count). The second-order valence-corrected chi connectivity index (χ2v) is 10.4. The van der Waals surface area contributed by atoms with E-state index in [1.165, 1.54) is 4.52 Å². The highest BCUT2D eigenvalue weighted by molar-refractivity contribution is 7.15. The van der Waals surface area contributed by atoms with Gasteiger partial charge in [-0.3, -0.25) is 9.59 Å². The van der Waals surface area contributed by atoms with Crippen LogP contribution in [0.15, 0.2) is 119 Å². The van der Waals surface area contributed by atoms with E-state index < -0.39 is 5.56 Å². The molecule has 0 N–H and O–H groups in total. The standard InChI is InChI=1S/C32H21N5O2S/c38-30-27(17-21-9-3-1-4-10-21)34-37-31(39)28(40-32(37)33-30)19-25-20-36(26-13-5-2-6-14-26)35-29(25)24-16-15-22-11-7-8-12-23(22)18-24/h1-16,18-20H,17H2/b28-19-. The van der Waals surface area contributed by atoms with E-state index in [-0.39, 0.29) is 16.2 Å². The summed E-state index contributed by atoms with van der Waals surface area (Å²) in [6, 6.07) is 33.8. The maximum absolute atomic E-state index is 13.5. The number of fused-ring (bicyclic) bond motifs is 2. The van der Waals surface area contributed by atoms with Crippen molar-refractivity contribution in [2.24, 2.45) is 0 Å². The lowest BCUT2D eigenvalue weighted by Crippen LogP contribution is -2.28. The first-order valence-corrected chi connectivity index (χ1v) is 13.6. The first-order chi connectivity index (χ1) is 19.6. The summed E-state index contributed by atoms with van der Waals surface area (Å²) in [6.45, 7) is 0. The largest absolute Gasteiger partial charge is 0.296 e. The molecule has 0 bridgehead atoms. The molecule has 0 fully saturated rings. The van der Waals surface area contributed by atoms with Gasteiger partial charge in [-0.25, -0.2) is 4.68 Å². The Morgan fingerprint density at radius 1 is 0.775 bits per heavy atom. The number of aromatic nitrogens is 5. The quantitative estimate of drug-likeness (QED) is 0.318. The summed E-state index contributed by atoms with van der Waals surface area (Å²) in [7, 11) is 0. The minimum absolute atomic E-state index is 0.235. The smallest absolute Gasteiger partial charge is 0.266 e. The molecule has 0 amide bonds. The second-order valence-electron chi connectivity index (χ2n) is 9.41. The van der Waals surface area contributed by atoms with Crippen molar-refractivity contribution < 1.29 is 0 Å². The zero-order valence-corrected chi connectivity index (χ0v) is 22.0. The molecule has 40 heavy (non-hydrogen) atoms. The van der Waals surface area contributed by atoms with Crippen molar-refractivity contribution in [1.82, 2.24) is 24.4 Å². The molecular weight excluding hydrogens is 518 g/mol. The third-order valence-corrected chi connectivity index (χ3v) is 7.70. The van der Waals surface area contributed by atoms with Crippen molar-refractivity contribution in [1.29, 1.82) is 0 Å². The van der Waals surface area contributed by atoms with E-state index >= 15 is 0 Å². The number of benzene rings is 4. The van der Waals surface area contributed by atoms with Gasteiger partial charge < -0.3 is 0 Å². The number of nitrogens with zero attached hydrogens (tertiary/aromatic N) is 5. The monoisotopic (exact) mass is 539 g/mol. The van der Waals surface area contributed by atoms with Gasteiger partial charge in [0.05, 0.1) is 10.2 Å². The van der Waals surface area contributed by atoms with Crippen LogP contribution in [0, 0.1) is 0 Å². The van der Waals surface area contributed by atoms with Crippen LogP contribution < -0.4 is 15.7 Å². The summed E-state index contributed by atoms with van der Waals surface area (Å²) < 4.78 is 3.46. The minimum atomic E-state index is -0.426. The Morgan fingerprint density at radius 2 is 1.50 bits per heavy atom. The van der Waals surface area contributed by atoms with Gasteiger partial charge in [0.2, 0.25) is 4.96 Å². The van der Waals surface area contributed by atoms with Crippen LogP contribution in [0.25, 0.3) is 38.8 Å². The molecule has 7 aromatic rings. The number of hydrogen-bond acceptors (Lipinski definition) is 6. The van der Waals surface area contributed by atoms with E-state index in [1.807, 2.05) is 95.8 Å². The summed E-state index contributed by atoms with van der Waals surface area (Å²) in [5, 5.41) is 11.5. The lowest BCUT2D eigenvalue weighted by Gasteiger charge is -2.03. The highest BCUT2D eigenvalue weighted by atomic mass is 32.1. The molecule has 8 heteroatoms. The van der Waals surface area contributed by atoms with E-state index in [0.29, 0.717) is 11.0 Å². The molecule has 0 saturated heterocycles. The fourth-order valence-electron chi connectivity index (χ4n) is 4.75. The minimum Gasteiger partial charge on any atom is -0.266 e. The molecule has 3 aromatic heterocycles. The molecule has 0 saturated carbocycles. The summed E-state index contributed by atoms with van der Waals surface area (Å²) in [6.07, 6.45) is 4.02. The van der Waals surface area contributed by atoms with Crippen LogP contribution in [0.2, 0.25) is 0 Å². The Morgan fingerprint density at radius 3 is 2.30 bits per heavy atom. The van der Waals surface area contributed by atoms with Crippen molar-refractivity contribution in [2.45, 2.75) is 6.42 Å². The SMILES string of the molecule is O=c1nc2s/c(=C\c3cn(-c4ccccc4)nc3-c3ccc4ccccc4c3)c(=O)n2nc1Cc1ccccc1. The number of hydrogen-bond donors (Lipinski definition) is 0. The van der Waals surface area contributed by atoms with Gasteiger partial charge in [-0.15, -0.1) is 0 Å². The fraction of sp³-hybridized carbons (Fsp3) is 0.0312. The van der Waals surface area contributed by atoms with E-state index in [1.54, 1.807) is 0 Å². The van der Waals surface area contributed by atoms with Crippen molar-refractivity contribution in [3.8, 4) is 16.9 Å². The Labute approximate surface area is 231 Å². The van der Waals surface area contributed by atoms with Crippen molar-refractivity contribution in [3.05, 3.63) is 151 Å². The topological polar surface area (TPSA) is 82.1 Å². The molecule has 192 valence electrons. The van der Waals surface area contributed by atoms with E-state index in [9.17, 15) is 9.59 Å². The first kappa shape index (κ1) is 23.9. The van der Waals surface area contributed by atoms with Crippen LogP contribution in [-0.4, -0.2) is 24.4 Å². The van der Waals surface area contributed by atoms with Crippen molar-refractivity contribution in [2.75, 3.05) is 0 Å². The average Bonchev–Trinajstić information content (AvgIpc) is 3.55. The van der Waals surface area contributed by atoms with Crippen molar-refractivity contribution in [3.63, 3.8) is 0 Å². The number of para-hydroxylation sites is 1. The van der Waals surface area contributed by atoms with Gasteiger partial charge in [0.25, 0.3) is 11.1 Å². The van der Waals surface area contributed by atoms with Gasteiger partial charge in [0.1, 0.15) is 11.4 Å². The van der Waals surface area contributed by atoms with Crippen LogP contribution in [0.1, 0.15) is 16.8 Å². The Bertz CT molecular complexity index is 2180. The molecule has 0 aliphatic rings. The van der Waals surface area contributed by atoms with Crippen LogP contribution in [-0.2, 0) is 6.42 Å². The lowest BCUT2D eigenvalue weighted by atomic mass is 10.0. The summed E-state index contributed by atoms with van der Waals surface area (Å²) >= 11 is 1.14. The van der Waals surface area contributed by atoms with Gasteiger partial charge in [-0.1, -0.05) is 96.3 Å². The predicted octanol–water partition coefficient (Wildman–Crippen LogP) is 4.66. The van der Waals surface area contributed by atoms with Crippen LogP contribution in [0.3, 0.4) is 0 Å². The third-order valence-electron chi connectivity index (χ3n) is 6.74. The third kappa shape index (κ3) is 4.40. The summed E-state index contributed by atoms with van der Waals surface area (Å²) in [5.74, 6) is 0. The van der Waals surface area contributed by atoms with Gasteiger partial charge in [0.15, 0.2) is 0 Å². The molecule has 3 heterocycles. The molecule has 0 aliphatic heterocycles. The Hall–Kier alpha value is -5.21. The second kappa shape index (κ2) is 9.83. The fourth-order valence-corrected chi connectivity index (χ4v) is 5.64.